The van der Waals surface area contributed by atoms with E-state index in [1.807, 2.05) is 19.1 Å². The molecule has 3 nitrogen and oxygen atoms in total. The van der Waals surface area contributed by atoms with E-state index in [0.717, 1.165) is 17.5 Å². The van der Waals surface area contributed by atoms with Gasteiger partial charge >= 0.3 is 0 Å². The third kappa shape index (κ3) is 1.79. The Kier molecular flexibility index (Phi) is 2.64. The van der Waals surface area contributed by atoms with Crippen LogP contribution in [0.1, 0.15) is 25.0 Å². The van der Waals surface area contributed by atoms with Gasteiger partial charge < -0.3 is 5.73 Å². The Bertz CT molecular complexity index is 556. The molecule has 0 aliphatic carbocycles. The SMILES string of the molecule is CC1=Cc2cc(CC(C)N)ccc2S1(=O)=O. The highest BCUT2D eigenvalue weighted by atomic mass is 32.2. The normalized spacial score (nSPS) is 19.1. The molecule has 0 aromatic heterocycles. The fourth-order valence-corrected chi connectivity index (χ4v) is 3.23. The molecule has 1 aromatic carbocycles. The van der Waals surface area contributed by atoms with Gasteiger partial charge in [0.15, 0.2) is 0 Å². The number of benzene rings is 1. The predicted molar refractivity (Wildman–Crippen MR) is 64.6 cm³/mol. The van der Waals surface area contributed by atoms with Gasteiger partial charge in [-0.3, -0.25) is 0 Å². The first-order valence-corrected chi connectivity index (χ1v) is 6.71. The molecule has 0 amide bonds. The van der Waals surface area contributed by atoms with E-state index in [1.54, 1.807) is 19.1 Å². The van der Waals surface area contributed by atoms with Crippen LogP contribution < -0.4 is 5.73 Å². The molecular weight excluding hydrogens is 222 g/mol. The molecule has 2 rings (SSSR count). The highest BCUT2D eigenvalue weighted by Crippen LogP contribution is 2.32. The second-order valence-corrected chi connectivity index (χ2v) is 6.40. The maximum absolute atomic E-state index is 11.8. The first kappa shape index (κ1) is 11.4. The molecule has 86 valence electrons. The summed E-state index contributed by atoms with van der Waals surface area (Å²) < 4.78 is 23.6. The van der Waals surface area contributed by atoms with Crippen molar-refractivity contribution in [3.63, 3.8) is 0 Å². The molecule has 0 radical (unpaired) electrons. The fraction of sp³-hybridized carbons (Fsp3) is 0.333. The minimum absolute atomic E-state index is 0.0844. The van der Waals surface area contributed by atoms with E-state index in [1.165, 1.54) is 0 Å². The molecule has 0 bridgehead atoms. The van der Waals surface area contributed by atoms with E-state index in [-0.39, 0.29) is 6.04 Å². The van der Waals surface area contributed by atoms with Gasteiger partial charge in [0.25, 0.3) is 0 Å². The van der Waals surface area contributed by atoms with Crippen molar-refractivity contribution >= 4 is 15.9 Å². The number of rotatable bonds is 2. The number of sulfone groups is 1. The largest absolute Gasteiger partial charge is 0.328 e. The summed E-state index contributed by atoms with van der Waals surface area (Å²) in [6.07, 6.45) is 2.48. The summed E-state index contributed by atoms with van der Waals surface area (Å²) in [7, 11) is -3.20. The second-order valence-electron chi connectivity index (χ2n) is 4.31. The molecule has 1 aromatic rings. The molecule has 0 saturated heterocycles. The summed E-state index contributed by atoms with van der Waals surface area (Å²) in [5, 5.41) is 0. The molecule has 1 atom stereocenters. The first-order chi connectivity index (χ1) is 7.41. The van der Waals surface area contributed by atoms with E-state index < -0.39 is 9.84 Å². The quantitative estimate of drug-likeness (QED) is 0.852. The van der Waals surface area contributed by atoms with Crippen molar-refractivity contribution in [1.29, 1.82) is 0 Å². The summed E-state index contributed by atoms with van der Waals surface area (Å²) in [6, 6.07) is 5.51. The van der Waals surface area contributed by atoms with E-state index in [0.29, 0.717) is 9.80 Å². The molecule has 1 unspecified atom stereocenters. The molecule has 1 aliphatic heterocycles. The predicted octanol–water partition coefficient (Wildman–Crippen LogP) is 1.72. The first-order valence-electron chi connectivity index (χ1n) is 5.23. The zero-order chi connectivity index (χ0) is 11.9. The smallest absolute Gasteiger partial charge is 0.203 e. The van der Waals surface area contributed by atoms with Gasteiger partial charge in [-0.2, -0.15) is 0 Å². The van der Waals surface area contributed by atoms with Crippen LogP contribution in [0.25, 0.3) is 6.08 Å². The molecule has 4 heteroatoms. The van der Waals surface area contributed by atoms with Crippen molar-refractivity contribution in [2.24, 2.45) is 5.73 Å². The maximum atomic E-state index is 11.8. The lowest BCUT2D eigenvalue weighted by Gasteiger charge is -2.06. The van der Waals surface area contributed by atoms with Gasteiger partial charge in [-0.25, -0.2) is 8.42 Å². The van der Waals surface area contributed by atoms with Crippen LogP contribution in [0.2, 0.25) is 0 Å². The summed E-state index contributed by atoms with van der Waals surface area (Å²) >= 11 is 0. The molecule has 1 aliphatic rings. The van der Waals surface area contributed by atoms with E-state index in [9.17, 15) is 8.42 Å². The highest BCUT2D eigenvalue weighted by Gasteiger charge is 2.26. The number of hydrogen-bond donors (Lipinski definition) is 1. The van der Waals surface area contributed by atoms with Crippen molar-refractivity contribution in [3.8, 4) is 0 Å². The summed E-state index contributed by atoms with van der Waals surface area (Å²) in [5.41, 5.74) is 7.58. The van der Waals surface area contributed by atoms with Gasteiger partial charge in [0.2, 0.25) is 9.84 Å². The van der Waals surface area contributed by atoms with Crippen LogP contribution in [0.5, 0.6) is 0 Å². The lowest BCUT2D eigenvalue weighted by Crippen LogP contribution is -2.17. The molecule has 0 fully saturated rings. The minimum atomic E-state index is -3.20. The van der Waals surface area contributed by atoms with E-state index >= 15 is 0 Å². The van der Waals surface area contributed by atoms with E-state index in [2.05, 4.69) is 0 Å². The minimum Gasteiger partial charge on any atom is -0.328 e. The van der Waals surface area contributed by atoms with Crippen LogP contribution in [-0.2, 0) is 16.3 Å². The molecular formula is C12H15NO2S. The Balaban J connectivity index is 2.47. The second kappa shape index (κ2) is 3.71. The van der Waals surface area contributed by atoms with Gasteiger partial charge in [0, 0.05) is 10.9 Å². The Morgan fingerprint density at radius 3 is 2.69 bits per heavy atom. The maximum Gasteiger partial charge on any atom is 0.203 e. The standard InChI is InChI=1S/C12H15NO2S/c1-8(13)5-10-3-4-12-11(7-10)6-9(2)16(12,14)15/h3-4,6-8H,5,13H2,1-2H3. The number of hydrogen-bond acceptors (Lipinski definition) is 3. The van der Waals surface area contributed by atoms with Gasteiger partial charge in [-0.05, 0) is 43.5 Å². The average molecular weight is 237 g/mol. The summed E-state index contributed by atoms with van der Waals surface area (Å²) in [6.45, 7) is 3.56. The molecule has 0 saturated carbocycles. The molecule has 1 heterocycles. The Labute approximate surface area is 95.9 Å². The van der Waals surface area contributed by atoms with Crippen LogP contribution in [0.4, 0.5) is 0 Å². The number of allylic oxidation sites excluding steroid dienone is 1. The topological polar surface area (TPSA) is 60.2 Å². The monoisotopic (exact) mass is 237 g/mol. The summed E-state index contributed by atoms with van der Waals surface area (Å²) in [5.74, 6) is 0. The zero-order valence-corrected chi connectivity index (χ0v) is 10.2. The summed E-state index contributed by atoms with van der Waals surface area (Å²) in [4.78, 5) is 0.832. The van der Waals surface area contributed by atoms with Gasteiger partial charge in [0.05, 0.1) is 4.90 Å². The lowest BCUT2D eigenvalue weighted by molar-refractivity contribution is 0.603. The molecule has 0 spiro atoms. The third-order valence-corrected chi connectivity index (χ3v) is 4.62. The van der Waals surface area contributed by atoms with Crippen molar-refractivity contribution < 1.29 is 8.42 Å². The van der Waals surface area contributed by atoms with Crippen LogP contribution in [0.15, 0.2) is 28.0 Å². The van der Waals surface area contributed by atoms with E-state index in [4.69, 9.17) is 5.73 Å². The molecule has 2 N–H and O–H groups in total. The van der Waals surface area contributed by atoms with Crippen LogP contribution >= 0.6 is 0 Å². The highest BCUT2D eigenvalue weighted by molar-refractivity contribution is 7.95. The van der Waals surface area contributed by atoms with Crippen LogP contribution in [0.3, 0.4) is 0 Å². The van der Waals surface area contributed by atoms with Gasteiger partial charge in [-0.15, -0.1) is 0 Å². The van der Waals surface area contributed by atoms with Crippen molar-refractivity contribution in [2.75, 3.05) is 0 Å². The lowest BCUT2D eigenvalue weighted by atomic mass is 10.0. The Hall–Kier alpha value is -1.13. The van der Waals surface area contributed by atoms with Crippen molar-refractivity contribution in [1.82, 2.24) is 0 Å². The number of nitrogens with two attached hydrogens (primary N) is 1. The average Bonchev–Trinajstić information content (AvgIpc) is 2.36. The van der Waals surface area contributed by atoms with Gasteiger partial charge in [0.1, 0.15) is 0 Å². The van der Waals surface area contributed by atoms with Gasteiger partial charge in [-0.1, -0.05) is 12.1 Å². The Morgan fingerprint density at radius 1 is 1.38 bits per heavy atom. The van der Waals surface area contributed by atoms with Crippen molar-refractivity contribution in [2.45, 2.75) is 31.2 Å². The number of fused-ring (bicyclic) bond motifs is 1. The third-order valence-electron chi connectivity index (χ3n) is 2.70. The molecule has 16 heavy (non-hydrogen) atoms. The zero-order valence-electron chi connectivity index (χ0n) is 9.40. The van der Waals surface area contributed by atoms with Crippen LogP contribution in [-0.4, -0.2) is 14.5 Å². The Morgan fingerprint density at radius 2 is 2.06 bits per heavy atom. The fourth-order valence-electron chi connectivity index (χ4n) is 1.92. The van der Waals surface area contributed by atoms with Crippen LogP contribution in [0, 0.1) is 0 Å². The van der Waals surface area contributed by atoms with Crippen molar-refractivity contribution in [3.05, 3.63) is 34.2 Å².